The summed E-state index contributed by atoms with van der Waals surface area (Å²) in [5.41, 5.74) is 0. The first-order chi connectivity index (χ1) is 6.36. The van der Waals surface area contributed by atoms with E-state index in [1.165, 1.54) is 0 Å². The minimum absolute atomic E-state index is 0.0294. The van der Waals surface area contributed by atoms with Gasteiger partial charge in [0.05, 0.1) is 19.3 Å². The summed E-state index contributed by atoms with van der Waals surface area (Å²) in [5, 5.41) is 2.93. The fraction of sp³-hybridized carbons (Fsp3) is 0.889. The highest BCUT2D eigenvalue weighted by atomic mass is 16.5. The Balaban J connectivity index is 1.72. The first-order valence-corrected chi connectivity index (χ1v) is 4.86. The molecule has 0 saturated carbocycles. The molecular formula is C9H15NO3. The molecule has 2 aliphatic heterocycles. The summed E-state index contributed by atoms with van der Waals surface area (Å²) in [5.74, 6) is 0.0294. The van der Waals surface area contributed by atoms with E-state index >= 15 is 0 Å². The number of rotatable bonds is 2. The molecule has 2 rings (SSSR count). The number of carbonyl (C=O) groups excluding carboxylic acids is 1. The van der Waals surface area contributed by atoms with Gasteiger partial charge in [-0.15, -0.1) is 0 Å². The van der Waals surface area contributed by atoms with Crippen molar-refractivity contribution >= 4 is 5.91 Å². The van der Waals surface area contributed by atoms with Crippen molar-refractivity contribution in [3.05, 3.63) is 0 Å². The van der Waals surface area contributed by atoms with E-state index in [2.05, 4.69) is 5.32 Å². The van der Waals surface area contributed by atoms with Crippen molar-refractivity contribution in [1.82, 2.24) is 5.32 Å². The SMILES string of the molecule is O=C(N[C@@H]1CCCOC1)C1CCO1. The van der Waals surface area contributed by atoms with Gasteiger partial charge in [0.2, 0.25) is 5.91 Å². The molecule has 0 aromatic heterocycles. The molecule has 1 amide bonds. The Morgan fingerprint density at radius 1 is 1.31 bits per heavy atom. The Bertz CT molecular complexity index is 185. The summed E-state index contributed by atoms with van der Waals surface area (Å²) in [6.45, 7) is 2.20. The molecule has 2 aliphatic rings. The zero-order chi connectivity index (χ0) is 9.10. The van der Waals surface area contributed by atoms with Gasteiger partial charge in [0.15, 0.2) is 0 Å². The largest absolute Gasteiger partial charge is 0.379 e. The van der Waals surface area contributed by atoms with Gasteiger partial charge in [0, 0.05) is 13.0 Å². The van der Waals surface area contributed by atoms with Crippen LogP contribution in [0, 0.1) is 0 Å². The minimum Gasteiger partial charge on any atom is -0.379 e. The van der Waals surface area contributed by atoms with Gasteiger partial charge in [-0.2, -0.15) is 0 Å². The van der Waals surface area contributed by atoms with E-state index in [4.69, 9.17) is 9.47 Å². The van der Waals surface area contributed by atoms with E-state index in [0.717, 1.165) is 32.5 Å². The molecule has 0 bridgehead atoms. The highest BCUT2D eigenvalue weighted by molar-refractivity contribution is 5.81. The van der Waals surface area contributed by atoms with Crippen molar-refractivity contribution in [3.63, 3.8) is 0 Å². The summed E-state index contributed by atoms with van der Waals surface area (Å²) in [4.78, 5) is 11.4. The average molecular weight is 185 g/mol. The smallest absolute Gasteiger partial charge is 0.249 e. The Labute approximate surface area is 77.6 Å². The van der Waals surface area contributed by atoms with Gasteiger partial charge < -0.3 is 14.8 Å². The first-order valence-electron chi connectivity index (χ1n) is 4.86. The van der Waals surface area contributed by atoms with Crippen LogP contribution >= 0.6 is 0 Å². The molecule has 2 saturated heterocycles. The molecule has 74 valence electrons. The second-order valence-corrected chi connectivity index (χ2v) is 3.57. The molecule has 4 nitrogen and oxygen atoms in total. The molecule has 13 heavy (non-hydrogen) atoms. The van der Waals surface area contributed by atoms with E-state index in [1.807, 2.05) is 0 Å². The molecule has 1 unspecified atom stereocenters. The second-order valence-electron chi connectivity index (χ2n) is 3.57. The van der Waals surface area contributed by atoms with Crippen LogP contribution in [0.3, 0.4) is 0 Å². The molecule has 1 N–H and O–H groups in total. The number of carbonyl (C=O) groups is 1. The Morgan fingerprint density at radius 2 is 2.15 bits per heavy atom. The third-order valence-corrected chi connectivity index (χ3v) is 2.50. The Kier molecular flexibility index (Phi) is 2.80. The molecule has 0 aromatic carbocycles. The van der Waals surface area contributed by atoms with Crippen molar-refractivity contribution in [2.24, 2.45) is 0 Å². The van der Waals surface area contributed by atoms with E-state index in [0.29, 0.717) is 6.61 Å². The second kappa shape index (κ2) is 4.07. The van der Waals surface area contributed by atoms with Gasteiger partial charge in [0.1, 0.15) is 6.10 Å². The summed E-state index contributed by atoms with van der Waals surface area (Å²) in [6.07, 6.45) is 2.73. The molecular weight excluding hydrogens is 170 g/mol. The monoisotopic (exact) mass is 185 g/mol. The first kappa shape index (κ1) is 8.97. The highest BCUT2D eigenvalue weighted by Gasteiger charge is 2.28. The standard InChI is InChI=1S/C9H15NO3/c11-9(8-3-5-13-8)10-7-2-1-4-12-6-7/h7-8H,1-6H2,(H,10,11)/t7-,8?/m1/s1. The van der Waals surface area contributed by atoms with Crippen molar-refractivity contribution in [2.75, 3.05) is 19.8 Å². The maximum absolute atomic E-state index is 11.4. The van der Waals surface area contributed by atoms with Gasteiger partial charge in [-0.25, -0.2) is 0 Å². The van der Waals surface area contributed by atoms with Gasteiger partial charge >= 0.3 is 0 Å². The normalized spacial score (nSPS) is 33.5. The Hall–Kier alpha value is -0.610. The molecule has 2 heterocycles. The van der Waals surface area contributed by atoms with E-state index in [-0.39, 0.29) is 18.1 Å². The predicted octanol–water partition coefficient (Wildman–Crippen LogP) is 0.0705. The lowest BCUT2D eigenvalue weighted by molar-refractivity contribution is -0.146. The minimum atomic E-state index is -0.193. The van der Waals surface area contributed by atoms with Crippen LogP contribution < -0.4 is 5.32 Å². The van der Waals surface area contributed by atoms with Crippen LogP contribution in [-0.2, 0) is 14.3 Å². The van der Waals surface area contributed by atoms with Crippen LogP contribution in [0.5, 0.6) is 0 Å². The summed E-state index contributed by atoms with van der Waals surface area (Å²) in [6, 6.07) is 0.199. The quantitative estimate of drug-likeness (QED) is 0.662. The summed E-state index contributed by atoms with van der Waals surface area (Å²) in [7, 11) is 0. The van der Waals surface area contributed by atoms with Crippen molar-refractivity contribution in [3.8, 4) is 0 Å². The number of amides is 1. The Morgan fingerprint density at radius 3 is 2.69 bits per heavy atom. The van der Waals surface area contributed by atoms with Gasteiger partial charge in [-0.05, 0) is 12.8 Å². The fourth-order valence-corrected chi connectivity index (χ4v) is 1.59. The molecule has 0 spiro atoms. The highest BCUT2D eigenvalue weighted by Crippen LogP contribution is 2.12. The van der Waals surface area contributed by atoms with E-state index in [1.54, 1.807) is 0 Å². The number of hydrogen-bond donors (Lipinski definition) is 1. The summed E-state index contributed by atoms with van der Waals surface area (Å²) >= 11 is 0. The zero-order valence-corrected chi connectivity index (χ0v) is 7.62. The van der Waals surface area contributed by atoms with Gasteiger partial charge in [-0.1, -0.05) is 0 Å². The van der Waals surface area contributed by atoms with Crippen LogP contribution in [0.25, 0.3) is 0 Å². The molecule has 4 heteroatoms. The topological polar surface area (TPSA) is 47.6 Å². The lowest BCUT2D eigenvalue weighted by Crippen LogP contribution is -2.49. The van der Waals surface area contributed by atoms with E-state index in [9.17, 15) is 4.79 Å². The van der Waals surface area contributed by atoms with Crippen molar-refractivity contribution < 1.29 is 14.3 Å². The van der Waals surface area contributed by atoms with Gasteiger partial charge in [0.25, 0.3) is 0 Å². The fourth-order valence-electron chi connectivity index (χ4n) is 1.59. The lowest BCUT2D eigenvalue weighted by atomic mass is 10.1. The van der Waals surface area contributed by atoms with Crippen LogP contribution in [0.15, 0.2) is 0 Å². The van der Waals surface area contributed by atoms with Crippen LogP contribution in [0.4, 0.5) is 0 Å². The maximum Gasteiger partial charge on any atom is 0.249 e. The van der Waals surface area contributed by atoms with Crippen LogP contribution in [0.2, 0.25) is 0 Å². The molecule has 0 aliphatic carbocycles. The van der Waals surface area contributed by atoms with Crippen molar-refractivity contribution in [1.29, 1.82) is 0 Å². The van der Waals surface area contributed by atoms with Crippen LogP contribution in [-0.4, -0.2) is 37.9 Å². The number of nitrogens with one attached hydrogen (secondary N) is 1. The summed E-state index contributed by atoms with van der Waals surface area (Å²) < 4.78 is 10.3. The number of ether oxygens (including phenoxy) is 2. The third-order valence-electron chi connectivity index (χ3n) is 2.50. The average Bonchev–Trinajstić information content (AvgIpc) is 2.02. The lowest BCUT2D eigenvalue weighted by Gasteiger charge is -2.29. The number of hydrogen-bond acceptors (Lipinski definition) is 3. The van der Waals surface area contributed by atoms with Gasteiger partial charge in [-0.3, -0.25) is 4.79 Å². The van der Waals surface area contributed by atoms with Crippen molar-refractivity contribution in [2.45, 2.75) is 31.4 Å². The molecule has 0 aromatic rings. The molecule has 0 radical (unpaired) electrons. The third kappa shape index (κ3) is 2.19. The zero-order valence-electron chi connectivity index (χ0n) is 7.62. The van der Waals surface area contributed by atoms with E-state index < -0.39 is 0 Å². The predicted molar refractivity (Wildman–Crippen MR) is 46.3 cm³/mol. The molecule has 2 atom stereocenters. The maximum atomic E-state index is 11.4. The van der Waals surface area contributed by atoms with Crippen LogP contribution in [0.1, 0.15) is 19.3 Å². The molecule has 2 fully saturated rings.